The summed E-state index contributed by atoms with van der Waals surface area (Å²) in [7, 11) is 0. The van der Waals surface area contributed by atoms with E-state index in [4.69, 9.17) is 10.3 Å². The van der Waals surface area contributed by atoms with E-state index in [0.29, 0.717) is 19.4 Å². The number of nitrogens with one attached hydrogen (secondary N) is 1. The second-order valence-corrected chi connectivity index (χ2v) is 2.68. The Kier molecular flexibility index (Phi) is 12.7. The van der Waals surface area contributed by atoms with Gasteiger partial charge in [0, 0.05) is 19.1 Å². The number of carboxylic acids is 1. The van der Waals surface area contributed by atoms with E-state index >= 15 is 0 Å². The van der Waals surface area contributed by atoms with Crippen LogP contribution in [0.5, 0.6) is 0 Å². The van der Waals surface area contributed by atoms with E-state index in [2.05, 4.69) is 0 Å². The van der Waals surface area contributed by atoms with Crippen LogP contribution in [0.4, 0.5) is 0 Å². The SMILES string of the molecule is O=C([O-])CC(CO)CCCNO.[Na+]. The van der Waals surface area contributed by atoms with Crippen LogP contribution in [0.15, 0.2) is 0 Å². The van der Waals surface area contributed by atoms with E-state index < -0.39 is 5.97 Å². The molecule has 0 saturated carbocycles. The summed E-state index contributed by atoms with van der Waals surface area (Å²) in [6, 6.07) is 0. The molecule has 0 saturated heterocycles. The molecule has 0 aliphatic heterocycles. The number of carbonyl (C=O) groups is 1. The minimum atomic E-state index is -1.15. The number of aliphatic hydroxyl groups is 1. The Morgan fingerprint density at radius 3 is 2.54 bits per heavy atom. The third-order valence-electron chi connectivity index (χ3n) is 1.61. The van der Waals surface area contributed by atoms with Gasteiger partial charge in [-0.05, 0) is 25.2 Å². The monoisotopic (exact) mass is 199 g/mol. The van der Waals surface area contributed by atoms with Crippen LogP contribution in [0, 0.1) is 5.92 Å². The van der Waals surface area contributed by atoms with Crippen LogP contribution in [0.1, 0.15) is 19.3 Å². The van der Waals surface area contributed by atoms with Gasteiger partial charge in [0.2, 0.25) is 0 Å². The Bertz CT molecular complexity index is 134. The zero-order valence-electron chi connectivity index (χ0n) is 7.82. The summed E-state index contributed by atoms with van der Waals surface area (Å²) in [6.07, 6.45) is 1.08. The molecule has 0 radical (unpaired) electrons. The number of aliphatic carboxylic acids is 1. The molecule has 0 aliphatic carbocycles. The second kappa shape index (κ2) is 10.4. The molecule has 0 spiro atoms. The van der Waals surface area contributed by atoms with Gasteiger partial charge in [0.25, 0.3) is 0 Å². The predicted octanol–water partition coefficient (Wildman–Crippen LogP) is -4.50. The van der Waals surface area contributed by atoms with Crippen molar-refractivity contribution in [1.29, 1.82) is 0 Å². The van der Waals surface area contributed by atoms with Crippen molar-refractivity contribution < 1.29 is 49.8 Å². The van der Waals surface area contributed by atoms with Crippen LogP contribution in [-0.2, 0) is 4.79 Å². The van der Waals surface area contributed by atoms with Gasteiger partial charge < -0.3 is 20.2 Å². The van der Waals surface area contributed by atoms with Crippen molar-refractivity contribution in [3.8, 4) is 0 Å². The topological polar surface area (TPSA) is 92.6 Å². The fourth-order valence-electron chi connectivity index (χ4n) is 0.963. The molecule has 0 bridgehead atoms. The number of rotatable bonds is 7. The Balaban J connectivity index is 0. The van der Waals surface area contributed by atoms with Crippen LogP contribution >= 0.6 is 0 Å². The summed E-state index contributed by atoms with van der Waals surface area (Å²) >= 11 is 0. The Morgan fingerprint density at radius 2 is 2.15 bits per heavy atom. The fraction of sp³-hybridized carbons (Fsp3) is 0.857. The summed E-state index contributed by atoms with van der Waals surface area (Å²) in [5.41, 5.74) is 1.96. The van der Waals surface area contributed by atoms with Crippen LogP contribution in [-0.4, -0.2) is 29.4 Å². The van der Waals surface area contributed by atoms with E-state index in [9.17, 15) is 9.90 Å². The molecule has 0 aliphatic rings. The molecule has 0 rings (SSSR count). The van der Waals surface area contributed by atoms with Crippen LogP contribution < -0.4 is 40.1 Å². The van der Waals surface area contributed by atoms with Gasteiger partial charge in [-0.25, -0.2) is 5.48 Å². The first-order chi connectivity index (χ1) is 5.70. The van der Waals surface area contributed by atoms with Crippen molar-refractivity contribution in [2.24, 2.45) is 5.92 Å². The normalized spacial score (nSPS) is 11.8. The smallest absolute Gasteiger partial charge is 0.550 e. The number of hydrogen-bond acceptors (Lipinski definition) is 5. The maximum atomic E-state index is 10.1. The molecule has 5 nitrogen and oxygen atoms in total. The zero-order chi connectivity index (χ0) is 9.40. The summed E-state index contributed by atoms with van der Waals surface area (Å²) in [5, 5.41) is 27.0. The Hall–Kier alpha value is 0.350. The van der Waals surface area contributed by atoms with Gasteiger partial charge in [0.1, 0.15) is 0 Å². The molecule has 6 heteroatoms. The van der Waals surface area contributed by atoms with Gasteiger partial charge >= 0.3 is 29.6 Å². The quantitative estimate of drug-likeness (QED) is 0.218. The summed E-state index contributed by atoms with van der Waals surface area (Å²) < 4.78 is 0. The maximum Gasteiger partial charge on any atom is 1.00 e. The van der Waals surface area contributed by atoms with Crippen LogP contribution in [0.3, 0.4) is 0 Å². The molecular formula is C7H14NNaO4. The molecule has 1 unspecified atom stereocenters. The molecule has 0 amide bonds. The van der Waals surface area contributed by atoms with Gasteiger partial charge in [-0.2, -0.15) is 0 Å². The molecule has 13 heavy (non-hydrogen) atoms. The summed E-state index contributed by atoms with van der Waals surface area (Å²) in [5.74, 6) is -1.41. The molecule has 72 valence electrons. The largest absolute Gasteiger partial charge is 1.00 e. The number of hydroxylamine groups is 1. The van der Waals surface area contributed by atoms with Crippen LogP contribution in [0.2, 0.25) is 0 Å². The molecule has 0 aromatic heterocycles. The van der Waals surface area contributed by atoms with Gasteiger partial charge in [0.05, 0.1) is 0 Å². The average molecular weight is 199 g/mol. The van der Waals surface area contributed by atoms with E-state index in [1.54, 1.807) is 0 Å². The van der Waals surface area contributed by atoms with Crippen molar-refractivity contribution in [1.82, 2.24) is 5.48 Å². The molecule has 1 atom stereocenters. The third kappa shape index (κ3) is 10.3. The molecule has 0 aromatic rings. The van der Waals surface area contributed by atoms with Crippen molar-refractivity contribution in [3.05, 3.63) is 0 Å². The van der Waals surface area contributed by atoms with Gasteiger partial charge in [-0.15, -0.1) is 0 Å². The molecule has 0 heterocycles. The molecule has 0 aromatic carbocycles. The van der Waals surface area contributed by atoms with Crippen molar-refractivity contribution in [2.75, 3.05) is 13.2 Å². The van der Waals surface area contributed by atoms with Gasteiger partial charge in [-0.1, -0.05) is 0 Å². The maximum absolute atomic E-state index is 10.1. The number of aliphatic hydroxyl groups excluding tert-OH is 1. The van der Waals surface area contributed by atoms with Crippen LogP contribution in [0.25, 0.3) is 0 Å². The van der Waals surface area contributed by atoms with E-state index in [1.807, 2.05) is 5.48 Å². The standard InChI is InChI=1S/C7H15NO4.Na/c9-5-6(4-7(10)11)2-1-3-8-12;/h6,8-9,12H,1-5H2,(H,10,11);/q;+1/p-1. The fourth-order valence-corrected chi connectivity index (χ4v) is 0.963. The second-order valence-electron chi connectivity index (χ2n) is 2.68. The Labute approximate surface area is 99.4 Å². The van der Waals surface area contributed by atoms with E-state index in [-0.39, 0.29) is 48.5 Å². The Morgan fingerprint density at radius 1 is 1.54 bits per heavy atom. The molecule has 0 fully saturated rings. The van der Waals surface area contributed by atoms with Crippen molar-refractivity contribution >= 4 is 5.97 Å². The predicted molar refractivity (Wildman–Crippen MR) is 39.2 cm³/mol. The minimum Gasteiger partial charge on any atom is -0.550 e. The minimum absolute atomic E-state index is 0. The molecule has 3 N–H and O–H groups in total. The van der Waals surface area contributed by atoms with Crippen molar-refractivity contribution in [2.45, 2.75) is 19.3 Å². The zero-order valence-corrected chi connectivity index (χ0v) is 9.82. The summed E-state index contributed by atoms with van der Waals surface area (Å²) in [4.78, 5) is 10.1. The van der Waals surface area contributed by atoms with E-state index in [1.165, 1.54) is 0 Å². The first-order valence-corrected chi connectivity index (χ1v) is 3.88. The molecular weight excluding hydrogens is 185 g/mol. The number of carboxylic acid groups (broad SMARTS) is 1. The van der Waals surface area contributed by atoms with Gasteiger partial charge in [0.15, 0.2) is 0 Å². The van der Waals surface area contributed by atoms with E-state index in [0.717, 1.165) is 0 Å². The number of hydrogen-bond donors (Lipinski definition) is 3. The first-order valence-electron chi connectivity index (χ1n) is 3.88. The summed E-state index contributed by atoms with van der Waals surface area (Å²) in [6.45, 7) is 0.253. The average Bonchev–Trinajstić information content (AvgIpc) is 2.02. The van der Waals surface area contributed by atoms with Crippen molar-refractivity contribution in [3.63, 3.8) is 0 Å². The third-order valence-corrected chi connectivity index (χ3v) is 1.61. The number of carbonyl (C=O) groups excluding carboxylic acids is 1. The first kappa shape index (κ1) is 15.8. The van der Waals surface area contributed by atoms with Gasteiger partial charge in [-0.3, -0.25) is 0 Å².